The van der Waals surface area contributed by atoms with Gasteiger partial charge in [0.2, 0.25) is 5.88 Å². The van der Waals surface area contributed by atoms with Crippen molar-refractivity contribution in [2.45, 2.75) is 26.3 Å². The topological polar surface area (TPSA) is 67.5 Å². The van der Waals surface area contributed by atoms with Crippen LogP contribution in [0.25, 0.3) is 10.9 Å². The zero-order valence-corrected chi connectivity index (χ0v) is 16.2. The maximum absolute atomic E-state index is 5.98. The van der Waals surface area contributed by atoms with E-state index in [4.69, 9.17) is 9.26 Å². The second-order valence-corrected chi connectivity index (χ2v) is 7.83. The highest BCUT2D eigenvalue weighted by Gasteiger charge is 2.23. The minimum absolute atomic E-state index is 0.703. The van der Waals surface area contributed by atoms with Gasteiger partial charge in [0, 0.05) is 37.9 Å². The first kappa shape index (κ1) is 17.4. The van der Waals surface area contributed by atoms with E-state index in [1.54, 1.807) is 6.33 Å². The Hall–Kier alpha value is -2.67. The number of rotatable bonds is 6. The molecule has 2 aromatic heterocycles. The molecule has 146 valence electrons. The van der Waals surface area contributed by atoms with E-state index in [1.165, 1.54) is 18.5 Å². The Bertz CT molecular complexity index is 960. The second kappa shape index (κ2) is 7.39. The van der Waals surface area contributed by atoms with Gasteiger partial charge in [-0.05, 0) is 43.9 Å². The second-order valence-electron chi connectivity index (χ2n) is 7.83. The number of hydrogen-bond donors (Lipinski definition) is 0. The number of ether oxygens (including phenoxy) is 1. The molecule has 7 nitrogen and oxygen atoms in total. The largest absolute Gasteiger partial charge is 0.477 e. The third kappa shape index (κ3) is 3.80. The predicted octanol–water partition coefficient (Wildman–Crippen LogP) is 3.04. The van der Waals surface area contributed by atoms with Crippen LogP contribution in [0.4, 0.5) is 5.69 Å². The van der Waals surface area contributed by atoms with Gasteiger partial charge in [0.25, 0.3) is 0 Å². The van der Waals surface area contributed by atoms with E-state index >= 15 is 0 Å². The first-order valence-electron chi connectivity index (χ1n) is 10.0. The molecular formula is C21H25N5O2. The van der Waals surface area contributed by atoms with Crippen LogP contribution in [0, 0.1) is 12.8 Å². The van der Waals surface area contributed by atoms with E-state index < -0.39 is 0 Å². The van der Waals surface area contributed by atoms with Gasteiger partial charge in [0.05, 0.1) is 29.7 Å². The predicted molar refractivity (Wildman–Crippen MR) is 106 cm³/mol. The highest BCUT2D eigenvalue weighted by Crippen LogP contribution is 2.32. The van der Waals surface area contributed by atoms with Crippen molar-refractivity contribution in [3.05, 3.63) is 42.0 Å². The number of fused-ring (bicyclic) bond motifs is 1. The van der Waals surface area contributed by atoms with Crippen molar-refractivity contribution >= 4 is 16.6 Å². The van der Waals surface area contributed by atoms with Gasteiger partial charge < -0.3 is 14.2 Å². The minimum atomic E-state index is 0.703. The first-order valence-corrected chi connectivity index (χ1v) is 10.0. The lowest BCUT2D eigenvalue weighted by Gasteiger charge is -2.35. The van der Waals surface area contributed by atoms with Crippen LogP contribution in [0.2, 0.25) is 0 Å². The van der Waals surface area contributed by atoms with E-state index in [9.17, 15) is 0 Å². The van der Waals surface area contributed by atoms with Crippen LogP contribution in [0.5, 0.6) is 5.88 Å². The summed E-state index contributed by atoms with van der Waals surface area (Å²) < 4.78 is 11.3. The van der Waals surface area contributed by atoms with E-state index in [0.717, 1.165) is 61.7 Å². The molecule has 2 fully saturated rings. The Balaban J connectivity index is 1.27. The molecule has 7 heteroatoms. The Morgan fingerprint density at radius 1 is 1.11 bits per heavy atom. The fourth-order valence-electron chi connectivity index (χ4n) is 3.69. The average Bonchev–Trinajstić information content (AvgIpc) is 3.47. The Morgan fingerprint density at radius 3 is 2.71 bits per heavy atom. The summed E-state index contributed by atoms with van der Waals surface area (Å²) in [5.41, 5.74) is 3.07. The quantitative estimate of drug-likeness (QED) is 0.652. The highest BCUT2D eigenvalue weighted by atomic mass is 16.5. The van der Waals surface area contributed by atoms with Crippen molar-refractivity contribution in [3.8, 4) is 5.88 Å². The Morgan fingerprint density at radius 2 is 1.96 bits per heavy atom. The molecule has 3 heterocycles. The lowest BCUT2D eigenvalue weighted by Crippen LogP contribution is -2.45. The lowest BCUT2D eigenvalue weighted by molar-refractivity contribution is 0.219. The number of piperazine rings is 1. The molecule has 0 amide bonds. The fourth-order valence-corrected chi connectivity index (χ4v) is 3.69. The number of aryl methyl sites for hydroxylation is 1. The SMILES string of the molecule is Cc1cc(CN2CCN(c3ccc4ncnc(OCC5CC5)c4c3)CC2)on1. The molecule has 1 aliphatic carbocycles. The number of anilines is 1. The van der Waals surface area contributed by atoms with Gasteiger partial charge >= 0.3 is 0 Å². The molecule has 0 N–H and O–H groups in total. The normalized spacial score (nSPS) is 18.0. The molecule has 0 radical (unpaired) electrons. The van der Waals surface area contributed by atoms with Crippen LogP contribution in [0.15, 0.2) is 35.1 Å². The van der Waals surface area contributed by atoms with Crippen LogP contribution in [-0.2, 0) is 6.54 Å². The summed E-state index contributed by atoms with van der Waals surface area (Å²) in [7, 11) is 0. The molecule has 0 atom stereocenters. The van der Waals surface area contributed by atoms with Gasteiger partial charge in [-0.2, -0.15) is 0 Å². The maximum Gasteiger partial charge on any atom is 0.224 e. The molecule has 1 aromatic carbocycles. The molecule has 5 rings (SSSR count). The van der Waals surface area contributed by atoms with Crippen LogP contribution in [0.3, 0.4) is 0 Å². The third-order valence-corrected chi connectivity index (χ3v) is 5.53. The molecule has 1 aliphatic heterocycles. The van der Waals surface area contributed by atoms with Crippen LogP contribution < -0.4 is 9.64 Å². The Labute approximate surface area is 164 Å². The summed E-state index contributed by atoms with van der Waals surface area (Å²) in [6.07, 6.45) is 4.13. The van der Waals surface area contributed by atoms with Gasteiger partial charge in [-0.25, -0.2) is 9.97 Å². The van der Waals surface area contributed by atoms with Crippen molar-refractivity contribution in [2.75, 3.05) is 37.7 Å². The maximum atomic E-state index is 5.98. The standard InChI is InChI=1S/C21H25N5O2/c1-15-10-18(28-24-15)12-25-6-8-26(9-7-25)17-4-5-20-19(11-17)21(23-14-22-20)27-13-16-2-3-16/h4-5,10-11,14,16H,2-3,6-9,12-13H2,1H3. The highest BCUT2D eigenvalue weighted by molar-refractivity contribution is 5.86. The summed E-state index contributed by atoms with van der Waals surface area (Å²) in [4.78, 5) is 13.6. The molecule has 3 aromatic rings. The molecule has 0 unspecified atom stereocenters. The third-order valence-electron chi connectivity index (χ3n) is 5.53. The van der Waals surface area contributed by atoms with E-state index in [1.807, 2.05) is 13.0 Å². The molecule has 1 saturated heterocycles. The molecule has 0 spiro atoms. The van der Waals surface area contributed by atoms with Gasteiger partial charge in [-0.15, -0.1) is 0 Å². The van der Waals surface area contributed by atoms with Crippen LogP contribution in [0.1, 0.15) is 24.3 Å². The summed E-state index contributed by atoms with van der Waals surface area (Å²) >= 11 is 0. The van der Waals surface area contributed by atoms with Gasteiger partial charge in [0.15, 0.2) is 5.76 Å². The monoisotopic (exact) mass is 379 g/mol. The summed E-state index contributed by atoms with van der Waals surface area (Å²) in [5.74, 6) is 2.35. The van der Waals surface area contributed by atoms with E-state index in [2.05, 4.69) is 43.1 Å². The zero-order chi connectivity index (χ0) is 18.9. The van der Waals surface area contributed by atoms with Crippen molar-refractivity contribution in [2.24, 2.45) is 5.92 Å². The zero-order valence-electron chi connectivity index (χ0n) is 16.2. The van der Waals surface area contributed by atoms with Crippen molar-refractivity contribution in [3.63, 3.8) is 0 Å². The molecule has 0 bridgehead atoms. The summed E-state index contributed by atoms with van der Waals surface area (Å²) in [5, 5.41) is 4.98. The molecule has 2 aliphatic rings. The number of aromatic nitrogens is 3. The van der Waals surface area contributed by atoms with E-state index in [-0.39, 0.29) is 0 Å². The summed E-state index contributed by atoms with van der Waals surface area (Å²) in [6.45, 7) is 7.48. The molecule has 28 heavy (non-hydrogen) atoms. The Kier molecular flexibility index (Phi) is 4.60. The van der Waals surface area contributed by atoms with Gasteiger partial charge in [-0.3, -0.25) is 4.90 Å². The van der Waals surface area contributed by atoms with Crippen molar-refractivity contribution in [1.29, 1.82) is 0 Å². The smallest absolute Gasteiger partial charge is 0.224 e. The van der Waals surface area contributed by atoms with E-state index in [0.29, 0.717) is 11.8 Å². The van der Waals surface area contributed by atoms with Gasteiger partial charge in [0.1, 0.15) is 6.33 Å². The average molecular weight is 379 g/mol. The first-order chi connectivity index (χ1) is 13.7. The van der Waals surface area contributed by atoms with Crippen LogP contribution in [-0.4, -0.2) is 52.8 Å². The number of hydrogen-bond acceptors (Lipinski definition) is 7. The molecule has 1 saturated carbocycles. The number of nitrogens with zero attached hydrogens (tertiary/aromatic N) is 5. The minimum Gasteiger partial charge on any atom is -0.477 e. The van der Waals surface area contributed by atoms with Gasteiger partial charge in [-0.1, -0.05) is 5.16 Å². The fraction of sp³-hybridized carbons (Fsp3) is 0.476. The number of benzene rings is 1. The lowest BCUT2D eigenvalue weighted by atomic mass is 10.2. The van der Waals surface area contributed by atoms with Crippen molar-refractivity contribution in [1.82, 2.24) is 20.0 Å². The molecular weight excluding hydrogens is 354 g/mol. The van der Waals surface area contributed by atoms with Crippen LogP contribution >= 0.6 is 0 Å². The van der Waals surface area contributed by atoms with Crippen molar-refractivity contribution < 1.29 is 9.26 Å². The summed E-state index contributed by atoms with van der Waals surface area (Å²) in [6, 6.07) is 8.40.